The first kappa shape index (κ1) is 18.4. The van der Waals surface area contributed by atoms with Gasteiger partial charge in [-0.3, -0.25) is 19.7 Å². The quantitative estimate of drug-likeness (QED) is 0.517. The van der Waals surface area contributed by atoms with E-state index in [-0.39, 0.29) is 17.2 Å². The zero-order valence-electron chi connectivity index (χ0n) is 15.5. The second-order valence-electron chi connectivity index (χ2n) is 6.60. The van der Waals surface area contributed by atoms with E-state index in [0.29, 0.717) is 34.0 Å². The number of amides is 1. The molecular formula is C20H18FN5OS. The molecule has 0 aliphatic heterocycles. The number of thiazole rings is 1. The molecule has 0 fully saturated rings. The summed E-state index contributed by atoms with van der Waals surface area (Å²) < 4.78 is 14.8. The number of anilines is 1. The summed E-state index contributed by atoms with van der Waals surface area (Å²) in [5.74, 6) is -0.588. The molecule has 0 aliphatic carbocycles. The summed E-state index contributed by atoms with van der Waals surface area (Å²) in [5, 5.41) is 0.478. The highest BCUT2D eigenvalue weighted by atomic mass is 32.1. The molecule has 2 aromatic heterocycles. The minimum atomic E-state index is -0.388. The number of aromatic nitrogens is 3. The fraction of sp³-hybridized carbons (Fsp3) is 0.200. The highest BCUT2D eigenvalue weighted by Gasteiger charge is 2.22. The van der Waals surface area contributed by atoms with Gasteiger partial charge < -0.3 is 4.90 Å². The van der Waals surface area contributed by atoms with Crippen LogP contribution in [0.2, 0.25) is 0 Å². The fourth-order valence-electron chi connectivity index (χ4n) is 2.85. The van der Waals surface area contributed by atoms with Crippen molar-refractivity contribution in [2.45, 2.75) is 0 Å². The number of rotatable bonds is 5. The molecule has 8 heteroatoms. The summed E-state index contributed by atoms with van der Waals surface area (Å²) in [6.07, 6.45) is 3.21. The van der Waals surface area contributed by atoms with E-state index in [2.05, 4.69) is 15.0 Å². The second-order valence-corrected chi connectivity index (χ2v) is 7.61. The van der Waals surface area contributed by atoms with Gasteiger partial charge in [0.2, 0.25) is 0 Å². The van der Waals surface area contributed by atoms with Crippen LogP contribution in [-0.4, -0.2) is 52.9 Å². The van der Waals surface area contributed by atoms with E-state index in [4.69, 9.17) is 0 Å². The summed E-state index contributed by atoms with van der Waals surface area (Å²) in [7, 11) is 3.87. The Morgan fingerprint density at radius 1 is 1.07 bits per heavy atom. The van der Waals surface area contributed by atoms with Crippen molar-refractivity contribution in [2.24, 2.45) is 0 Å². The molecule has 0 aliphatic rings. The molecular weight excluding hydrogens is 377 g/mol. The first-order valence-electron chi connectivity index (χ1n) is 8.75. The van der Waals surface area contributed by atoms with Crippen LogP contribution in [0.3, 0.4) is 0 Å². The van der Waals surface area contributed by atoms with Gasteiger partial charge in [0.05, 0.1) is 15.7 Å². The van der Waals surface area contributed by atoms with Crippen molar-refractivity contribution in [3.05, 3.63) is 60.2 Å². The average Bonchev–Trinajstić information content (AvgIpc) is 3.12. The Hall–Kier alpha value is -2.97. The number of hydrogen-bond donors (Lipinski definition) is 0. The molecule has 0 atom stereocenters. The molecule has 0 saturated heterocycles. The Balaban J connectivity index is 1.75. The minimum absolute atomic E-state index is 0.200. The van der Waals surface area contributed by atoms with Gasteiger partial charge in [0.15, 0.2) is 5.13 Å². The largest absolute Gasteiger partial charge is 0.308 e. The van der Waals surface area contributed by atoms with Crippen molar-refractivity contribution in [1.82, 2.24) is 19.9 Å². The Bertz CT molecular complexity index is 1160. The van der Waals surface area contributed by atoms with Gasteiger partial charge in [0.25, 0.3) is 5.91 Å². The molecule has 0 N–H and O–H groups in total. The van der Waals surface area contributed by atoms with E-state index in [1.807, 2.05) is 19.0 Å². The normalized spacial score (nSPS) is 11.4. The predicted molar refractivity (Wildman–Crippen MR) is 109 cm³/mol. The van der Waals surface area contributed by atoms with Gasteiger partial charge in [-0.05, 0) is 44.4 Å². The number of hydrogen-bond acceptors (Lipinski definition) is 6. The molecule has 4 aromatic rings. The first-order chi connectivity index (χ1) is 13.5. The van der Waals surface area contributed by atoms with Crippen LogP contribution in [0.25, 0.3) is 21.3 Å². The third kappa shape index (κ3) is 3.56. The van der Waals surface area contributed by atoms with Crippen molar-refractivity contribution in [3.63, 3.8) is 0 Å². The number of likely N-dealkylation sites (N-methyl/N-ethyl adjacent to an activating group) is 1. The van der Waals surface area contributed by atoms with E-state index < -0.39 is 0 Å². The van der Waals surface area contributed by atoms with E-state index in [1.54, 1.807) is 47.6 Å². The zero-order chi connectivity index (χ0) is 19.7. The number of fused-ring (bicyclic) bond motifs is 2. The summed E-state index contributed by atoms with van der Waals surface area (Å²) in [6.45, 7) is 1.09. The lowest BCUT2D eigenvalue weighted by molar-refractivity contribution is 0.0985. The number of carbonyl (C=O) groups excluding carboxylic acids is 1. The van der Waals surface area contributed by atoms with E-state index in [9.17, 15) is 9.18 Å². The molecule has 2 aromatic carbocycles. The third-order valence-corrected chi connectivity index (χ3v) is 5.37. The Kier molecular flexibility index (Phi) is 4.97. The van der Waals surface area contributed by atoms with Crippen LogP contribution in [0.5, 0.6) is 0 Å². The second kappa shape index (κ2) is 7.57. The average molecular weight is 395 g/mol. The molecule has 6 nitrogen and oxygen atoms in total. The van der Waals surface area contributed by atoms with Crippen molar-refractivity contribution >= 4 is 43.6 Å². The topological polar surface area (TPSA) is 62.2 Å². The number of nitrogens with zero attached hydrogens (tertiary/aromatic N) is 5. The van der Waals surface area contributed by atoms with Crippen molar-refractivity contribution in [2.75, 3.05) is 32.1 Å². The SMILES string of the molecule is CN(C)CCN(C(=O)c1ccc2nccnc2c1)c1nc2c(F)cccc2s1. The highest BCUT2D eigenvalue weighted by Crippen LogP contribution is 2.31. The lowest BCUT2D eigenvalue weighted by Gasteiger charge is -2.22. The minimum Gasteiger partial charge on any atom is -0.308 e. The van der Waals surface area contributed by atoms with Crippen molar-refractivity contribution in [1.29, 1.82) is 0 Å². The van der Waals surface area contributed by atoms with E-state index in [1.165, 1.54) is 17.4 Å². The molecule has 1 amide bonds. The lowest BCUT2D eigenvalue weighted by atomic mass is 10.1. The fourth-order valence-corrected chi connectivity index (χ4v) is 3.86. The molecule has 142 valence electrons. The molecule has 0 unspecified atom stereocenters. The molecule has 0 spiro atoms. The number of carbonyl (C=O) groups is 1. The predicted octanol–water partition coefficient (Wildman–Crippen LogP) is 3.59. The third-order valence-electron chi connectivity index (χ3n) is 4.32. The van der Waals surface area contributed by atoms with Crippen LogP contribution in [-0.2, 0) is 0 Å². The number of para-hydroxylation sites is 1. The number of halogens is 1. The molecule has 0 saturated carbocycles. The van der Waals surface area contributed by atoms with Gasteiger partial charge >= 0.3 is 0 Å². The molecule has 2 heterocycles. The maximum atomic E-state index is 14.1. The van der Waals surface area contributed by atoms with Crippen LogP contribution in [0, 0.1) is 5.82 Å². The Morgan fingerprint density at radius 2 is 1.86 bits per heavy atom. The van der Waals surface area contributed by atoms with Gasteiger partial charge in [-0.15, -0.1) is 0 Å². The maximum absolute atomic E-state index is 14.1. The van der Waals surface area contributed by atoms with Gasteiger partial charge in [-0.1, -0.05) is 17.4 Å². The highest BCUT2D eigenvalue weighted by molar-refractivity contribution is 7.22. The van der Waals surface area contributed by atoms with Crippen LogP contribution >= 0.6 is 11.3 Å². The summed E-state index contributed by atoms with van der Waals surface area (Å²) in [6, 6.07) is 10.1. The molecule has 0 radical (unpaired) electrons. The van der Waals surface area contributed by atoms with E-state index >= 15 is 0 Å². The van der Waals surface area contributed by atoms with Crippen LogP contribution in [0.4, 0.5) is 9.52 Å². The Morgan fingerprint density at radius 3 is 2.61 bits per heavy atom. The standard InChI is InChI=1S/C20H18FN5OS/c1-25(2)10-11-26(20-24-18-14(21)4-3-5-17(18)28-20)19(27)13-6-7-15-16(12-13)23-9-8-22-15/h3-9,12H,10-11H2,1-2H3. The maximum Gasteiger partial charge on any atom is 0.260 e. The lowest BCUT2D eigenvalue weighted by Crippen LogP contribution is -2.36. The smallest absolute Gasteiger partial charge is 0.260 e. The van der Waals surface area contributed by atoms with Crippen LogP contribution in [0.1, 0.15) is 10.4 Å². The Labute approximate surface area is 165 Å². The van der Waals surface area contributed by atoms with Crippen LogP contribution in [0.15, 0.2) is 48.8 Å². The molecule has 28 heavy (non-hydrogen) atoms. The first-order valence-corrected chi connectivity index (χ1v) is 9.57. The summed E-state index contributed by atoms with van der Waals surface area (Å²) in [4.78, 5) is 29.8. The van der Waals surface area contributed by atoms with Gasteiger partial charge in [-0.2, -0.15) is 0 Å². The molecule has 4 rings (SSSR count). The summed E-state index contributed by atoms with van der Waals surface area (Å²) in [5.41, 5.74) is 2.15. The van der Waals surface area contributed by atoms with Gasteiger partial charge in [0, 0.05) is 31.0 Å². The van der Waals surface area contributed by atoms with Gasteiger partial charge in [-0.25, -0.2) is 9.37 Å². The number of benzene rings is 2. The monoisotopic (exact) mass is 395 g/mol. The van der Waals surface area contributed by atoms with Crippen molar-refractivity contribution in [3.8, 4) is 0 Å². The molecule has 0 bridgehead atoms. The summed E-state index contributed by atoms with van der Waals surface area (Å²) >= 11 is 1.31. The van der Waals surface area contributed by atoms with Crippen LogP contribution < -0.4 is 4.90 Å². The van der Waals surface area contributed by atoms with Crippen molar-refractivity contribution < 1.29 is 9.18 Å². The van der Waals surface area contributed by atoms with Gasteiger partial charge in [0.1, 0.15) is 11.3 Å². The zero-order valence-corrected chi connectivity index (χ0v) is 16.3. The van der Waals surface area contributed by atoms with E-state index in [0.717, 1.165) is 5.52 Å².